The molecule has 0 saturated heterocycles. The molecule has 130 valence electrons. The molecule has 0 unspecified atom stereocenters. The zero-order chi connectivity index (χ0) is 18.2. The number of rotatable bonds is 3. The van der Waals surface area contributed by atoms with Gasteiger partial charge in [0.2, 0.25) is 16.9 Å². The van der Waals surface area contributed by atoms with E-state index in [9.17, 15) is 9.59 Å². The Labute approximate surface area is 145 Å². The van der Waals surface area contributed by atoms with Gasteiger partial charge in [-0.15, -0.1) is 0 Å². The quantitative estimate of drug-likeness (QED) is 0.653. The molecule has 25 heavy (non-hydrogen) atoms. The average molecular weight is 340 g/mol. The Morgan fingerprint density at radius 3 is 2.56 bits per heavy atom. The summed E-state index contributed by atoms with van der Waals surface area (Å²) in [7, 11) is 0. The minimum Gasteiger partial charge on any atom is -0.461 e. The summed E-state index contributed by atoms with van der Waals surface area (Å²) in [6.45, 7) is 7.17. The van der Waals surface area contributed by atoms with E-state index >= 15 is 0 Å². The van der Waals surface area contributed by atoms with Crippen molar-refractivity contribution in [3.8, 4) is 17.3 Å². The molecule has 1 aromatic carbocycles. The van der Waals surface area contributed by atoms with Gasteiger partial charge in [0.25, 0.3) is 0 Å². The first kappa shape index (κ1) is 17.0. The summed E-state index contributed by atoms with van der Waals surface area (Å²) in [6.07, 6.45) is 2.25. The maximum absolute atomic E-state index is 13.0. The standard InChI is InChI=1S/C20H20O5/c1-5-12-8-9-14-13(11-12)16(21)18(25-19(22)20(2,3)4)17(24-14)15-7-6-10-23-15/h6-11H,5H2,1-4H3. The molecule has 0 spiro atoms. The molecular formula is C20H20O5. The van der Waals surface area contributed by atoms with Crippen molar-refractivity contribution >= 4 is 16.9 Å². The second-order valence-electron chi connectivity index (χ2n) is 6.89. The van der Waals surface area contributed by atoms with E-state index < -0.39 is 11.4 Å². The number of carbonyl (C=O) groups is 1. The lowest BCUT2D eigenvalue weighted by atomic mass is 9.97. The monoisotopic (exact) mass is 340 g/mol. The van der Waals surface area contributed by atoms with Crippen LogP contribution in [0.3, 0.4) is 0 Å². The highest BCUT2D eigenvalue weighted by Gasteiger charge is 2.28. The van der Waals surface area contributed by atoms with Crippen LogP contribution < -0.4 is 10.2 Å². The topological polar surface area (TPSA) is 69.7 Å². The summed E-state index contributed by atoms with van der Waals surface area (Å²) in [5, 5.41) is 0.381. The van der Waals surface area contributed by atoms with Crippen LogP contribution >= 0.6 is 0 Å². The first-order valence-electron chi connectivity index (χ1n) is 8.17. The highest BCUT2D eigenvalue weighted by Crippen LogP contribution is 2.32. The Morgan fingerprint density at radius 2 is 1.96 bits per heavy atom. The van der Waals surface area contributed by atoms with Crippen LogP contribution in [-0.4, -0.2) is 5.97 Å². The van der Waals surface area contributed by atoms with Gasteiger partial charge in [-0.1, -0.05) is 13.0 Å². The molecule has 2 heterocycles. The van der Waals surface area contributed by atoms with E-state index in [1.165, 1.54) is 6.26 Å². The van der Waals surface area contributed by atoms with Crippen molar-refractivity contribution in [2.24, 2.45) is 5.41 Å². The predicted octanol–water partition coefficient (Wildman–Crippen LogP) is 4.57. The molecule has 2 aromatic heterocycles. The van der Waals surface area contributed by atoms with Crippen molar-refractivity contribution in [1.29, 1.82) is 0 Å². The zero-order valence-electron chi connectivity index (χ0n) is 14.7. The Bertz CT molecular complexity index is 972. The van der Waals surface area contributed by atoms with Crippen LogP contribution in [0.2, 0.25) is 0 Å². The molecular weight excluding hydrogens is 320 g/mol. The van der Waals surface area contributed by atoms with Crippen LogP contribution in [0.15, 0.2) is 50.2 Å². The normalized spacial score (nSPS) is 11.7. The molecule has 0 radical (unpaired) electrons. The Kier molecular flexibility index (Phi) is 4.25. The summed E-state index contributed by atoms with van der Waals surface area (Å²) in [4.78, 5) is 25.3. The lowest BCUT2D eigenvalue weighted by Crippen LogP contribution is -2.28. The third-order valence-electron chi connectivity index (χ3n) is 3.87. The van der Waals surface area contributed by atoms with Gasteiger partial charge in [0, 0.05) is 0 Å². The molecule has 0 saturated carbocycles. The van der Waals surface area contributed by atoms with E-state index in [0.717, 1.165) is 12.0 Å². The summed E-state index contributed by atoms with van der Waals surface area (Å²) in [5.74, 6) is -0.214. The van der Waals surface area contributed by atoms with E-state index in [1.807, 2.05) is 13.0 Å². The SMILES string of the molecule is CCc1ccc2oc(-c3ccco3)c(OC(=O)C(C)(C)C)c(=O)c2c1. The molecule has 3 rings (SSSR count). The third-order valence-corrected chi connectivity index (χ3v) is 3.87. The number of hydrogen-bond acceptors (Lipinski definition) is 5. The number of benzene rings is 1. The van der Waals surface area contributed by atoms with Crippen LogP contribution in [0, 0.1) is 5.41 Å². The van der Waals surface area contributed by atoms with E-state index in [2.05, 4.69) is 0 Å². The molecule has 3 aromatic rings. The molecule has 0 aliphatic carbocycles. The second kappa shape index (κ2) is 6.24. The van der Waals surface area contributed by atoms with Crippen molar-refractivity contribution in [2.75, 3.05) is 0 Å². The van der Waals surface area contributed by atoms with Gasteiger partial charge in [-0.3, -0.25) is 9.59 Å². The molecule has 0 aliphatic heterocycles. The molecule has 5 heteroatoms. The third kappa shape index (κ3) is 3.22. The van der Waals surface area contributed by atoms with Crippen LogP contribution in [0.4, 0.5) is 0 Å². The first-order chi connectivity index (χ1) is 11.8. The van der Waals surface area contributed by atoms with Gasteiger partial charge >= 0.3 is 5.97 Å². The highest BCUT2D eigenvalue weighted by atomic mass is 16.5. The van der Waals surface area contributed by atoms with Gasteiger partial charge < -0.3 is 13.6 Å². The average Bonchev–Trinajstić information content (AvgIpc) is 3.10. The minimum absolute atomic E-state index is 0.115. The summed E-state index contributed by atoms with van der Waals surface area (Å²) in [5.41, 5.74) is 0.274. The summed E-state index contributed by atoms with van der Waals surface area (Å²) >= 11 is 0. The van der Waals surface area contributed by atoms with Gasteiger partial charge in [-0.2, -0.15) is 0 Å². The Morgan fingerprint density at radius 1 is 1.20 bits per heavy atom. The van der Waals surface area contributed by atoms with Crippen molar-refractivity contribution in [3.05, 3.63) is 52.4 Å². The lowest BCUT2D eigenvalue weighted by molar-refractivity contribution is -0.143. The van der Waals surface area contributed by atoms with E-state index in [4.69, 9.17) is 13.6 Å². The predicted molar refractivity (Wildman–Crippen MR) is 94.7 cm³/mol. The number of furan rings is 1. The van der Waals surface area contributed by atoms with Crippen LogP contribution in [0.1, 0.15) is 33.3 Å². The number of esters is 1. The molecule has 0 N–H and O–H groups in total. The van der Waals surface area contributed by atoms with Gasteiger partial charge in [0.05, 0.1) is 17.1 Å². The largest absolute Gasteiger partial charge is 0.461 e. The van der Waals surface area contributed by atoms with E-state index in [-0.39, 0.29) is 16.9 Å². The number of hydrogen-bond donors (Lipinski definition) is 0. The van der Waals surface area contributed by atoms with E-state index in [0.29, 0.717) is 16.7 Å². The van der Waals surface area contributed by atoms with Gasteiger partial charge in [-0.25, -0.2) is 0 Å². The highest BCUT2D eigenvalue weighted by molar-refractivity contribution is 5.85. The first-order valence-corrected chi connectivity index (χ1v) is 8.17. The number of aryl methyl sites for hydroxylation is 1. The molecule has 0 atom stereocenters. The van der Waals surface area contributed by atoms with Gasteiger partial charge in [0.1, 0.15) is 5.58 Å². The van der Waals surface area contributed by atoms with Crippen molar-refractivity contribution in [1.82, 2.24) is 0 Å². The number of ether oxygens (including phenoxy) is 1. The fourth-order valence-corrected chi connectivity index (χ4v) is 2.35. The summed E-state index contributed by atoms with van der Waals surface area (Å²) in [6, 6.07) is 8.74. The zero-order valence-corrected chi connectivity index (χ0v) is 14.7. The number of carbonyl (C=O) groups excluding carboxylic acids is 1. The molecule has 0 bridgehead atoms. The molecule has 0 fully saturated rings. The van der Waals surface area contributed by atoms with Crippen LogP contribution in [0.5, 0.6) is 5.75 Å². The smallest absolute Gasteiger partial charge is 0.316 e. The van der Waals surface area contributed by atoms with Crippen LogP contribution in [0.25, 0.3) is 22.5 Å². The maximum Gasteiger partial charge on any atom is 0.316 e. The van der Waals surface area contributed by atoms with Crippen LogP contribution in [-0.2, 0) is 11.2 Å². The van der Waals surface area contributed by atoms with Gasteiger partial charge in [0.15, 0.2) is 5.76 Å². The van der Waals surface area contributed by atoms with Crippen molar-refractivity contribution < 1.29 is 18.4 Å². The summed E-state index contributed by atoms with van der Waals surface area (Å²) < 4.78 is 16.7. The second-order valence-corrected chi connectivity index (χ2v) is 6.89. The Balaban J connectivity index is 2.26. The maximum atomic E-state index is 13.0. The molecule has 0 aliphatic rings. The van der Waals surface area contributed by atoms with Crippen molar-refractivity contribution in [2.45, 2.75) is 34.1 Å². The lowest BCUT2D eigenvalue weighted by Gasteiger charge is -2.17. The fourth-order valence-electron chi connectivity index (χ4n) is 2.35. The minimum atomic E-state index is -0.757. The Hall–Kier alpha value is -2.82. The van der Waals surface area contributed by atoms with E-state index in [1.54, 1.807) is 45.0 Å². The molecule has 0 amide bonds. The van der Waals surface area contributed by atoms with Gasteiger partial charge in [-0.05, 0) is 57.0 Å². The fraction of sp³-hybridized carbons (Fsp3) is 0.300. The molecule has 5 nitrogen and oxygen atoms in total. The number of fused-ring (bicyclic) bond motifs is 1. The van der Waals surface area contributed by atoms with Crippen molar-refractivity contribution in [3.63, 3.8) is 0 Å².